The molecule has 2 rings (SSSR count). The van der Waals surface area contributed by atoms with Crippen molar-refractivity contribution in [3.8, 4) is 0 Å². The molecule has 6 heteroatoms. The van der Waals surface area contributed by atoms with Gasteiger partial charge >= 0.3 is 0 Å². The molecule has 0 aliphatic rings. The summed E-state index contributed by atoms with van der Waals surface area (Å²) >= 11 is 0. The van der Waals surface area contributed by atoms with E-state index in [4.69, 9.17) is 0 Å². The lowest BCUT2D eigenvalue weighted by Gasteiger charge is -2.31. The summed E-state index contributed by atoms with van der Waals surface area (Å²) < 4.78 is 3.54. The van der Waals surface area contributed by atoms with Crippen LogP contribution >= 0.6 is 0 Å². The van der Waals surface area contributed by atoms with Crippen molar-refractivity contribution in [2.45, 2.75) is 46.8 Å². The van der Waals surface area contributed by atoms with E-state index < -0.39 is 0 Å². The maximum absolute atomic E-state index is 12.5. The Hall–Kier alpha value is -2.11. The van der Waals surface area contributed by atoms with Crippen molar-refractivity contribution in [3.05, 3.63) is 36.4 Å². The van der Waals surface area contributed by atoms with Gasteiger partial charge in [-0.25, -0.2) is 0 Å². The van der Waals surface area contributed by atoms with Gasteiger partial charge in [-0.3, -0.25) is 14.2 Å². The van der Waals surface area contributed by atoms with Crippen LogP contribution in [0.1, 0.15) is 38.2 Å². The van der Waals surface area contributed by atoms with Crippen LogP contribution < -0.4 is 5.32 Å². The zero-order valence-electron chi connectivity index (χ0n) is 13.1. The second-order valence-corrected chi connectivity index (χ2v) is 6.15. The molecule has 6 nitrogen and oxygen atoms in total. The summed E-state index contributed by atoms with van der Waals surface area (Å²) in [4.78, 5) is 12.5. The molecule has 2 aromatic rings. The predicted octanol–water partition coefficient (Wildman–Crippen LogP) is 1.94. The van der Waals surface area contributed by atoms with Crippen molar-refractivity contribution in [2.75, 3.05) is 0 Å². The number of rotatable bonds is 5. The Labute approximate surface area is 125 Å². The van der Waals surface area contributed by atoms with Crippen molar-refractivity contribution in [1.82, 2.24) is 24.9 Å². The van der Waals surface area contributed by atoms with E-state index in [1.807, 2.05) is 23.9 Å². The smallest absolute Gasteiger partial charge is 0.269 e. The van der Waals surface area contributed by atoms with Crippen LogP contribution in [0.3, 0.4) is 0 Å². The second-order valence-electron chi connectivity index (χ2n) is 6.15. The van der Waals surface area contributed by atoms with Crippen LogP contribution in [0, 0.1) is 5.41 Å². The Morgan fingerprint density at radius 3 is 2.67 bits per heavy atom. The van der Waals surface area contributed by atoms with Gasteiger partial charge in [-0.1, -0.05) is 20.8 Å². The fraction of sp³-hybridized carbons (Fsp3) is 0.533. The van der Waals surface area contributed by atoms with Crippen LogP contribution in [0.4, 0.5) is 0 Å². The first-order valence-corrected chi connectivity index (χ1v) is 7.22. The molecular formula is C15H23N5O. The largest absolute Gasteiger partial charge is 0.346 e. The minimum absolute atomic E-state index is 0.0230. The van der Waals surface area contributed by atoms with E-state index in [1.165, 1.54) is 0 Å². The van der Waals surface area contributed by atoms with Gasteiger partial charge in [0.2, 0.25) is 0 Å². The van der Waals surface area contributed by atoms with Crippen molar-refractivity contribution in [3.63, 3.8) is 0 Å². The van der Waals surface area contributed by atoms with Crippen molar-refractivity contribution >= 4 is 5.91 Å². The number of aryl methyl sites for hydroxylation is 1. The van der Waals surface area contributed by atoms with Gasteiger partial charge in [0.15, 0.2) is 0 Å². The summed E-state index contributed by atoms with van der Waals surface area (Å²) in [6, 6.07) is 3.60. The highest BCUT2D eigenvalue weighted by Crippen LogP contribution is 2.21. The minimum atomic E-state index is -0.0959. The lowest BCUT2D eigenvalue weighted by atomic mass is 9.86. The lowest BCUT2D eigenvalue weighted by Crippen LogP contribution is -2.47. The summed E-state index contributed by atoms with van der Waals surface area (Å²) in [6.07, 6.45) is 5.30. The standard InChI is InChI=1S/C15H23N5O/c1-5-20-12(7-9-17-20)14(21)18-13(15(2,3)4)11-19-10-6-8-16-19/h6-10,13H,5,11H2,1-4H3,(H,18,21)/t13-/m1/s1. The molecular weight excluding hydrogens is 266 g/mol. The minimum Gasteiger partial charge on any atom is -0.346 e. The molecule has 1 N–H and O–H groups in total. The molecule has 2 aromatic heterocycles. The summed E-state index contributed by atoms with van der Waals surface area (Å²) in [5.41, 5.74) is 0.519. The molecule has 0 aromatic carbocycles. The summed E-state index contributed by atoms with van der Waals surface area (Å²) in [6.45, 7) is 9.61. The molecule has 0 fully saturated rings. The van der Waals surface area contributed by atoms with Gasteiger partial charge in [0, 0.05) is 25.1 Å². The molecule has 0 aliphatic heterocycles. The Morgan fingerprint density at radius 1 is 1.33 bits per heavy atom. The predicted molar refractivity (Wildman–Crippen MR) is 80.8 cm³/mol. The van der Waals surface area contributed by atoms with Crippen LogP contribution in [0.15, 0.2) is 30.7 Å². The Morgan fingerprint density at radius 2 is 2.10 bits per heavy atom. The number of aromatic nitrogens is 4. The number of hydrogen-bond donors (Lipinski definition) is 1. The van der Waals surface area contributed by atoms with Gasteiger partial charge in [-0.05, 0) is 24.5 Å². The molecule has 2 heterocycles. The van der Waals surface area contributed by atoms with Gasteiger partial charge < -0.3 is 5.32 Å². The molecule has 0 aliphatic carbocycles. The fourth-order valence-corrected chi connectivity index (χ4v) is 2.14. The van der Waals surface area contributed by atoms with E-state index in [0.29, 0.717) is 18.8 Å². The Kier molecular flexibility index (Phi) is 4.45. The van der Waals surface area contributed by atoms with Crippen LogP contribution in [0.2, 0.25) is 0 Å². The van der Waals surface area contributed by atoms with E-state index in [-0.39, 0.29) is 17.4 Å². The van der Waals surface area contributed by atoms with Crippen LogP contribution in [-0.2, 0) is 13.1 Å². The van der Waals surface area contributed by atoms with E-state index >= 15 is 0 Å². The third-order valence-corrected chi connectivity index (χ3v) is 3.53. The Balaban J connectivity index is 2.13. The topological polar surface area (TPSA) is 64.7 Å². The maximum Gasteiger partial charge on any atom is 0.269 e. The fourth-order valence-electron chi connectivity index (χ4n) is 2.14. The normalized spacial score (nSPS) is 13.1. The SMILES string of the molecule is CCn1nccc1C(=O)N[C@H](Cn1cccn1)C(C)(C)C. The third kappa shape index (κ3) is 3.71. The van der Waals surface area contributed by atoms with Gasteiger partial charge in [0.25, 0.3) is 5.91 Å². The van der Waals surface area contributed by atoms with Gasteiger partial charge in [-0.2, -0.15) is 10.2 Å². The highest BCUT2D eigenvalue weighted by molar-refractivity contribution is 5.92. The zero-order chi connectivity index (χ0) is 15.5. The molecule has 0 radical (unpaired) electrons. The maximum atomic E-state index is 12.5. The number of hydrogen-bond acceptors (Lipinski definition) is 3. The van der Waals surface area contributed by atoms with Gasteiger partial charge in [-0.15, -0.1) is 0 Å². The van der Waals surface area contributed by atoms with E-state index in [9.17, 15) is 4.79 Å². The van der Waals surface area contributed by atoms with Gasteiger partial charge in [0.1, 0.15) is 5.69 Å². The van der Waals surface area contributed by atoms with Crippen LogP contribution in [0.5, 0.6) is 0 Å². The van der Waals surface area contributed by atoms with E-state index in [2.05, 4.69) is 36.3 Å². The number of carbonyl (C=O) groups is 1. The van der Waals surface area contributed by atoms with E-state index in [0.717, 1.165) is 0 Å². The molecule has 114 valence electrons. The molecule has 0 saturated heterocycles. The monoisotopic (exact) mass is 289 g/mol. The number of nitrogens with one attached hydrogen (secondary N) is 1. The van der Waals surface area contributed by atoms with E-state index in [1.54, 1.807) is 23.1 Å². The summed E-state index contributed by atoms with van der Waals surface area (Å²) in [5.74, 6) is -0.0959. The molecule has 0 spiro atoms. The molecule has 0 bridgehead atoms. The first-order chi connectivity index (χ1) is 9.91. The average Bonchev–Trinajstić information content (AvgIpc) is 3.07. The van der Waals surface area contributed by atoms with Crippen LogP contribution in [0.25, 0.3) is 0 Å². The molecule has 21 heavy (non-hydrogen) atoms. The summed E-state index contributed by atoms with van der Waals surface area (Å²) in [7, 11) is 0. The highest BCUT2D eigenvalue weighted by atomic mass is 16.2. The van der Waals surface area contributed by atoms with Crippen molar-refractivity contribution < 1.29 is 4.79 Å². The number of nitrogens with zero attached hydrogens (tertiary/aromatic N) is 4. The van der Waals surface area contributed by atoms with Crippen LogP contribution in [-0.4, -0.2) is 31.5 Å². The highest BCUT2D eigenvalue weighted by Gasteiger charge is 2.28. The summed E-state index contributed by atoms with van der Waals surface area (Å²) in [5, 5.41) is 11.5. The van der Waals surface area contributed by atoms with Crippen molar-refractivity contribution in [2.24, 2.45) is 5.41 Å². The van der Waals surface area contributed by atoms with Crippen molar-refractivity contribution in [1.29, 1.82) is 0 Å². The zero-order valence-corrected chi connectivity index (χ0v) is 13.1. The first kappa shape index (κ1) is 15.3. The molecule has 1 atom stereocenters. The second kappa shape index (κ2) is 6.11. The van der Waals surface area contributed by atoms with Gasteiger partial charge in [0.05, 0.1) is 12.6 Å². The third-order valence-electron chi connectivity index (χ3n) is 3.53. The number of carbonyl (C=O) groups excluding carboxylic acids is 1. The molecule has 1 amide bonds. The lowest BCUT2D eigenvalue weighted by molar-refractivity contribution is 0.0879. The number of amides is 1. The molecule has 0 unspecified atom stereocenters. The Bertz CT molecular complexity index is 579. The average molecular weight is 289 g/mol. The quantitative estimate of drug-likeness (QED) is 0.915. The first-order valence-electron chi connectivity index (χ1n) is 7.22. The molecule has 0 saturated carbocycles.